The van der Waals surface area contributed by atoms with Gasteiger partial charge in [-0.25, -0.2) is 19.3 Å². The highest BCUT2D eigenvalue weighted by Gasteiger charge is 2.38. The van der Waals surface area contributed by atoms with Gasteiger partial charge in [-0.05, 0) is 90.5 Å². The Bertz CT molecular complexity index is 2980. The van der Waals surface area contributed by atoms with Gasteiger partial charge in [0.1, 0.15) is 5.82 Å². The first kappa shape index (κ1) is 49.1. The number of nitrogen functional groups attached to an aromatic ring is 1. The van der Waals surface area contributed by atoms with E-state index < -0.39 is 34.9 Å². The number of rotatable bonds is 9. The summed E-state index contributed by atoms with van der Waals surface area (Å²) in [6.07, 6.45) is -6.58. The van der Waals surface area contributed by atoms with Gasteiger partial charge in [0.25, 0.3) is 11.1 Å². The molecule has 6 heterocycles. The van der Waals surface area contributed by atoms with Gasteiger partial charge in [-0.3, -0.25) is 9.59 Å². The molecule has 344 valence electrons. The van der Waals surface area contributed by atoms with Crippen molar-refractivity contribution < 1.29 is 45.4 Å². The van der Waals surface area contributed by atoms with Crippen molar-refractivity contribution in [2.24, 2.45) is 0 Å². The van der Waals surface area contributed by atoms with Crippen LogP contribution in [0.2, 0.25) is 0 Å². The second-order valence-electron chi connectivity index (χ2n) is 13.2. The highest BCUT2D eigenvalue weighted by atomic mass is 79.9. The number of ether oxygens (including phenoxy) is 2. The summed E-state index contributed by atoms with van der Waals surface area (Å²) >= 11 is 11.7. The molecule has 8 rings (SSSR count). The second-order valence-corrected chi connectivity index (χ2v) is 15.3. The van der Waals surface area contributed by atoms with Crippen molar-refractivity contribution >= 4 is 66.2 Å². The molecule has 0 aliphatic rings. The fourth-order valence-electron chi connectivity index (χ4n) is 5.48. The number of anilines is 2. The molecule has 0 unspecified atom stereocenters. The SMILES string of the molecule is COc1ccc(-c2cc(C(F)(F)F)n(-c3ccc(N)nn3)n2)cn1.COc1ccc(-c2cc(C(F)(F)F)n(-c3ccc(NC(=O)c4cccc(Br)c4)nn3)n2)cn1.O=C(Cl)c1cccc(Br)c1. The molecule has 0 fully saturated rings. The van der Waals surface area contributed by atoms with Crippen molar-refractivity contribution in [1.82, 2.24) is 49.9 Å². The Kier molecular flexibility index (Phi) is 15.6. The zero-order chi connectivity index (χ0) is 48.5. The third kappa shape index (κ3) is 12.9. The summed E-state index contributed by atoms with van der Waals surface area (Å²) in [4.78, 5) is 30.8. The monoisotopic (exact) mass is 1070 g/mol. The van der Waals surface area contributed by atoms with E-state index in [1.165, 1.54) is 63.0 Å². The maximum Gasteiger partial charge on any atom is 0.433 e. The summed E-state index contributed by atoms with van der Waals surface area (Å²) < 4.78 is 93.6. The van der Waals surface area contributed by atoms with E-state index in [1.807, 2.05) is 6.07 Å². The Hall–Kier alpha value is -7.31. The average Bonchev–Trinajstić information content (AvgIpc) is 3.98. The van der Waals surface area contributed by atoms with Crippen LogP contribution in [0.5, 0.6) is 11.8 Å². The molecular formula is C42H29Br2ClF6N12O4. The molecule has 0 spiro atoms. The normalized spacial score (nSPS) is 11.1. The van der Waals surface area contributed by atoms with Crippen LogP contribution in [0.4, 0.5) is 38.0 Å². The Morgan fingerprint density at radius 1 is 0.627 bits per heavy atom. The molecule has 1 amide bonds. The van der Waals surface area contributed by atoms with Crippen molar-refractivity contribution in [1.29, 1.82) is 0 Å². The minimum absolute atomic E-state index is 0.0475. The van der Waals surface area contributed by atoms with Gasteiger partial charge in [0.15, 0.2) is 28.8 Å². The van der Waals surface area contributed by atoms with E-state index in [1.54, 1.807) is 54.6 Å². The number of nitrogens with one attached hydrogen (secondary N) is 1. The number of amides is 1. The number of pyridine rings is 2. The van der Waals surface area contributed by atoms with Crippen molar-refractivity contribution in [2.75, 3.05) is 25.3 Å². The van der Waals surface area contributed by atoms with Crippen LogP contribution in [-0.2, 0) is 12.4 Å². The zero-order valence-corrected chi connectivity index (χ0v) is 38.1. The van der Waals surface area contributed by atoms with Gasteiger partial charge in [0, 0.05) is 55.7 Å². The molecule has 67 heavy (non-hydrogen) atoms. The van der Waals surface area contributed by atoms with Crippen molar-refractivity contribution in [3.05, 3.63) is 153 Å². The summed E-state index contributed by atoms with van der Waals surface area (Å²) in [5, 5.41) is 25.0. The summed E-state index contributed by atoms with van der Waals surface area (Å²) in [6, 6.07) is 26.9. The lowest BCUT2D eigenvalue weighted by molar-refractivity contribution is -0.143. The van der Waals surface area contributed by atoms with Crippen LogP contribution in [0, 0.1) is 0 Å². The number of nitrogens with two attached hydrogens (primary N) is 1. The molecule has 2 aromatic carbocycles. The number of alkyl halides is 6. The molecule has 25 heteroatoms. The average molecular weight is 1080 g/mol. The van der Waals surface area contributed by atoms with E-state index in [0.717, 1.165) is 21.1 Å². The number of hydrogen-bond acceptors (Lipinski definition) is 13. The van der Waals surface area contributed by atoms with Crippen molar-refractivity contribution in [3.8, 4) is 45.9 Å². The van der Waals surface area contributed by atoms with E-state index in [9.17, 15) is 35.9 Å². The van der Waals surface area contributed by atoms with Gasteiger partial charge in [0.05, 0.1) is 25.6 Å². The standard InChI is InChI=1S/C21H14BrF3N6O2.C14H11F3N6O.C7H4BrClO/c1-33-19-8-5-13(11-26-19)15-10-16(21(23,24)25)31(30-15)18-7-6-17(28-29-18)27-20(32)12-3-2-4-14(22)9-12;1-24-13-5-2-8(7-19-13)9-6-10(14(15,16)17)23(22-9)12-4-3-11(18)20-21-12;8-6-3-1-2-5(4-6)7(9)10/h2-11H,1H3,(H,27,28,32);2-7H,1H3,(H2,18,20);1-4H. The smallest absolute Gasteiger partial charge is 0.433 e. The Morgan fingerprint density at radius 3 is 1.48 bits per heavy atom. The summed E-state index contributed by atoms with van der Waals surface area (Å²) in [6.45, 7) is 0. The molecule has 0 aliphatic heterocycles. The molecule has 16 nitrogen and oxygen atoms in total. The number of carbonyl (C=O) groups excluding carboxylic acids is 2. The number of nitrogens with zero attached hydrogens (tertiary/aromatic N) is 10. The zero-order valence-electron chi connectivity index (χ0n) is 34.1. The maximum atomic E-state index is 13.6. The molecule has 3 N–H and O–H groups in total. The lowest BCUT2D eigenvalue weighted by Crippen LogP contribution is -2.16. The van der Waals surface area contributed by atoms with Crippen LogP contribution in [0.25, 0.3) is 34.2 Å². The Morgan fingerprint density at radius 2 is 1.10 bits per heavy atom. The Labute approximate surface area is 396 Å². The van der Waals surface area contributed by atoms with E-state index in [0.29, 0.717) is 43.4 Å². The fourth-order valence-corrected chi connectivity index (χ4v) is 6.40. The first-order valence-corrected chi connectivity index (χ1v) is 20.6. The molecule has 0 atom stereocenters. The lowest BCUT2D eigenvalue weighted by atomic mass is 10.2. The molecule has 0 saturated carbocycles. The van der Waals surface area contributed by atoms with Gasteiger partial charge in [-0.15, -0.1) is 20.4 Å². The van der Waals surface area contributed by atoms with Crippen molar-refractivity contribution in [2.45, 2.75) is 12.4 Å². The van der Waals surface area contributed by atoms with E-state index in [4.69, 9.17) is 26.8 Å². The largest absolute Gasteiger partial charge is 0.481 e. The summed E-state index contributed by atoms with van der Waals surface area (Å²) in [5.74, 6) is 0.129. The number of hydrogen-bond donors (Lipinski definition) is 2. The molecular weight excluding hydrogens is 1050 g/mol. The second kappa shape index (κ2) is 21.3. The third-order valence-electron chi connectivity index (χ3n) is 8.62. The van der Waals surface area contributed by atoms with Gasteiger partial charge in [-0.1, -0.05) is 50.1 Å². The van der Waals surface area contributed by atoms with Crippen LogP contribution in [0.15, 0.2) is 131 Å². The van der Waals surface area contributed by atoms with Gasteiger partial charge in [-0.2, -0.15) is 36.5 Å². The Balaban J connectivity index is 0.000000189. The fraction of sp³-hybridized carbons (Fsp3) is 0.0952. The lowest BCUT2D eigenvalue weighted by Gasteiger charge is -2.09. The van der Waals surface area contributed by atoms with Crippen LogP contribution in [-0.4, -0.2) is 75.3 Å². The molecule has 0 radical (unpaired) electrons. The van der Waals surface area contributed by atoms with E-state index in [-0.39, 0.29) is 34.7 Å². The van der Waals surface area contributed by atoms with Crippen molar-refractivity contribution in [3.63, 3.8) is 0 Å². The summed E-state index contributed by atoms with van der Waals surface area (Å²) in [7, 11) is 2.88. The van der Waals surface area contributed by atoms with Crippen LogP contribution in [0.3, 0.4) is 0 Å². The molecule has 6 aromatic heterocycles. The van der Waals surface area contributed by atoms with Gasteiger partial charge in [0.2, 0.25) is 11.8 Å². The molecule has 0 bridgehead atoms. The van der Waals surface area contributed by atoms with Crippen LogP contribution in [0.1, 0.15) is 32.1 Å². The topological polar surface area (TPSA) is 204 Å². The first-order chi connectivity index (χ1) is 31.8. The minimum Gasteiger partial charge on any atom is -0.481 e. The van der Waals surface area contributed by atoms with Gasteiger partial charge >= 0.3 is 12.4 Å². The predicted molar refractivity (Wildman–Crippen MR) is 239 cm³/mol. The quantitative estimate of drug-likeness (QED) is 0.102. The number of aromatic nitrogens is 10. The number of methoxy groups -OCH3 is 2. The predicted octanol–water partition coefficient (Wildman–Crippen LogP) is 9.93. The first-order valence-electron chi connectivity index (χ1n) is 18.6. The van der Waals surface area contributed by atoms with Crippen LogP contribution >= 0.6 is 43.5 Å². The highest BCUT2D eigenvalue weighted by Crippen LogP contribution is 2.35. The molecule has 0 aliphatic carbocycles. The number of halogens is 9. The van der Waals surface area contributed by atoms with E-state index >= 15 is 0 Å². The minimum atomic E-state index is -4.69. The summed E-state index contributed by atoms with van der Waals surface area (Å²) in [5.41, 5.74) is 5.19. The number of carbonyl (C=O) groups is 2. The number of benzene rings is 2. The highest BCUT2D eigenvalue weighted by molar-refractivity contribution is 9.10. The molecule has 0 saturated heterocycles. The maximum absolute atomic E-state index is 13.6. The third-order valence-corrected chi connectivity index (χ3v) is 9.82. The van der Waals surface area contributed by atoms with Crippen LogP contribution < -0.4 is 20.5 Å². The van der Waals surface area contributed by atoms with E-state index in [2.05, 4.69) is 77.7 Å². The van der Waals surface area contributed by atoms with Gasteiger partial charge < -0.3 is 20.5 Å². The molecule has 8 aromatic rings.